The van der Waals surface area contributed by atoms with E-state index in [4.69, 9.17) is 4.74 Å². The summed E-state index contributed by atoms with van der Waals surface area (Å²) in [6.45, 7) is 3.98. The molecule has 0 atom stereocenters. The van der Waals surface area contributed by atoms with Gasteiger partial charge in [-0.05, 0) is 44.2 Å². The molecule has 112 valence electrons. The lowest BCUT2D eigenvalue weighted by atomic mass is 10.3. The van der Waals surface area contributed by atoms with Crippen LogP contribution in [0, 0.1) is 6.92 Å². The number of halogens is 1. The molecule has 0 aliphatic rings. The summed E-state index contributed by atoms with van der Waals surface area (Å²) in [5.41, 5.74) is 0.731. The molecule has 7 heteroatoms. The van der Waals surface area contributed by atoms with Gasteiger partial charge in [-0.3, -0.25) is 4.72 Å². The Hall–Kier alpha value is -1.60. The molecule has 0 amide bonds. The average molecular weight is 371 g/mol. The number of aromatic nitrogens is 1. The minimum atomic E-state index is -3.77. The summed E-state index contributed by atoms with van der Waals surface area (Å²) in [7, 11) is -3.77. The van der Waals surface area contributed by atoms with E-state index in [9.17, 15) is 8.42 Å². The van der Waals surface area contributed by atoms with E-state index in [1.807, 2.05) is 0 Å². The molecule has 2 aromatic rings. The fourth-order valence-corrected chi connectivity index (χ4v) is 3.44. The Morgan fingerprint density at radius 2 is 2.05 bits per heavy atom. The van der Waals surface area contributed by atoms with Crippen molar-refractivity contribution in [2.75, 3.05) is 11.3 Å². The summed E-state index contributed by atoms with van der Waals surface area (Å²) in [5.74, 6) is 0.582. The molecule has 0 unspecified atom stereocenters. The maximum Gasteiger partial charge on any atom is 0.266 e. The molecule has 0 aliphatic heterocycles. The fourth-order valence-electron chi connectivity index (χ4n) is 1.76. The maximum atomic E-state index is 12.5. The standard InChI is InChI=1S/C14H15BrN2O3S/c1-3-20-12-8-7-11(15)9-13(12)21(18,19)17-14-6-4-5-10(2)16-14/h4-9H,3H2,1-2H3,(H,16,17). The minimum Gasteiger partial charge on any atom is -0.492 e. The third-order valence-electron chi connectivity index (χ3n) is 2.62. The van der Waals surface area contributed by atoms with Gasteiger partial charge < -0.3 is 4.74 Å². The van der Waals surface area contributed by atoms with E-state index >= 15 is 0 Å². The largest absolute Gasteiger partial charge is 0.492 e. The molecular formula is C14H15BrN2O3S. The van der Waals surface area contributed by atoms with E-state index in [0.717, 1.165) is 5.69 Å². The number of rotatable bonds is 5. The zero-order valence-corrected chi connectivity index (χ0v) is 14.0. The number of nitrogens with one attached hydrogen (secondary N) is 1. The van der Waals surface area contributed by atoms with E-state index in [0.29, 0.717) is 16.8 Å². The number of sulfonamides is 1. The maximum absolute atomic E-state index is 12.5. The van der Waals surface area contributed by atoms with Crippen molar-refractivity contribution in [3.63, 3.8) is 0 Å². The molecule has 1 N–H and O–H groups in total. The van der Waals surface area contributed by atoms with Gasteiger partial charge in [0.05, 0.1) is 6.61 Å². The van der Waals surface area contributed by atoms with Gasteiger partial charge in [-0.15, -0.1) is 0 Å². The van der Waals surface area contributed by atoms with Crippen LogP contribution in [0.15, 0.2) is 45.8 Å². The molecule has 0 radical (unpaired) electrons. The molecule has 0 spiro atoms. The number of hydrogen-bond acceptors (Lipinski definition) is 4. The van der Waals surface area contributed by atoms with E-state index < -0.39 is 10.0 Å². The normalized spacial score (nSPS) is 11.2. The van der Waals surface area contributed by atoms with E-state index in [1.54, 1.807) is 44.2 Å². The number of ether oxygens (including phenoxy) is 1. The highest BCUT2D eigenvalue weighted by molar-refractivity contribution is 9.10. The van der Waals surface area contributed by atoms with Crippen molar-refractivity contribution in [1.82, 2.24) is 4.98 Å². The number of nitrogens with zero attached hydrogens (tertiary/aromatic N) is 1. The molecule has 0 bridgehead atoms. The van der Waals surface area contributed by atoms with Crippen molar-refractivity contribution >= 4 is 31.8 Å². The first-order chi connectivity index (χ1) is 9.92. The van der Waals surface area contributed by atoms with Crippen molar-refractivity contribution in [1.29, 1.82) is 0 Å². The Labute approximate surface area is 132 Å². The lowest BCUT2D eigenvalue weighted by molar-refractivity contribution is 0.331. The first-order valence-corrected chi connectivity index (χ1v) is 8.59. The van der Waals surface area contributed by atoms with Crippen molar-refractivity contribution in [2.24, 2.45) is 0 Å². The summed E-state index contributed by atoms with van der Waals surface area (Å²) in [4.78, 5) is 4.21. The molecule has 0 aliphatic carbocycles. The zero-order chi connectivity index (χ0) is 15.5. The van der Waals surface area contributed by atoms with Crippen molar-refractivity contribution < 1.29 is 13.2 Å². The lowest BCUT2D eigenvalue weighted by Gasteiger charge is -2.12. The number of benzene rings is 1. The van der Waals surface area contributed by atoms with Crippen LogP contribution in [-0.2, 0) is 10.0 Å². The van der Waals surface area contributed by atoms with Crippen LogP contribution in [0.2, 0.25) is 0 Å². The first-order valence-electron chi connectivity index (χ1n) is 6.31. The van der Waals surface area contributed by atoms with Crippen LogP contribution >= 0.6 is 15.9 Å². The first kappa shape index (κ1) is 15.8. The topological polar surface area (TPSA) is 68.3 Å². The van der Waals surface area contributed by atoms with Gasteiger partial charge in [0.25, 0.3) is 10.0 Å². The molecular weight excluding hydrogens is 356 g/mol. The van der Waals surface area contributed by atoms with Gasteiger partial charge in [0.1, 0.15) is 16.5 Å². The van der Waals surface area contributed by atoms with E-state index in [-0.39, 0.29) is 10.7 Å². The van der Waals surface area contributed by atoms with Gasteiger partial charge in [0, 0.05) is 10.2 Å². The molecule has 1 heterocycles. The summed E-state index contributed by atoms with van der Waals surface area (Å²) in [5, 5.41) is 0. The fraction of sp³-hybridized carbons (Fsp3) is 0.214. The van der Waals surface area contributed by atoms with Crippen LogP contribution in [0.4, 0.5) is 5.82 Å². The molecule has 21 heavy (non-hydrogen) atoms. The van der Waals surface area contributed by atoms with Crippen molar-refractivity contribution in [2.45, 2.75) is 18.7 Å². The van der Waals surface area contributed by atoms with Crippen LogP contribution in [0.1, 0.15) is 12.6 Å². The number of anilines is 1. The van der Waals surface area contributed by atoms with Crippen molar-refractivity contribution in [3.8, 4) is 5.75 Å². The number of hydrogen-bond donors (Lipinski definition) is 1. The highest BCUT2D eigenvalue weighted by Crippen LogP contribution is 2.28. The predicted molar refractivity (Wildman–Crippen MR) is 85.1 cm³/mol. The Bertz CT molecular complexity index is 748. The summed E-state index contributed by atoms with van der Waals surface area (Å²) < 4.78 is 33.5. The molecule has 0 saturated carbocycles. The SMILES string of the molecule is CCOc1ccc(Br)cc1S(=O)(=O)Nc1cccc(C)n1. The second kappa shape index (κ2) is 6.44. The molecule has 0 fully saturated rings. The quantitative estimate of drug-likeness (QED) is 0.875. The minimum absolute atomic E-state index is 0.0713. The highest BCUT2D eigenvalue weighted by atomic mass is 79.9. The lowest BCUT2D eigenvalue weighted by Crippen LogP contribution is -2.15. The Balaban J connectivity index is 2.41. The zero-order valence-electron chi connectivity index (χ0n) is 11.6. The molecule has 2 rings (SSSR count). The van der Waals surface area contributed by atoms with Gasteiger partial charge >= 0.3 is 0 Å². The monoisotopic (exact) mass is 370 g/mol. The van der Waals surface area contributed by atoms with Gasteiger partial charge in [-0.25, -0.2) is 13.4 Å². The second-order valence-electron chi connectivity index (χ2n) is 4.29. The van der Waals surface area contributed by atoms with Crippen LogP contribution in [0.3, 0.4) is 0 Å². The Morgan fingerprint density at radius 3 is 2.71 bits per heavy atom. The summed E-state index contributed by atoms with van der Waals surface area (Å²) in [6.07, 6.45) is 0. The Morgan fingerprint density at radius 1 is 1.29 bits per heavy atom. The summed E-state index contributed by atoms with van der Waals surface area (Å²) in [6, 6.07) is 9.99. The average Bonchev–Trinajstić information content (AvgIpc) is 2.40. The Kier molecular flexibility index (Phi) is 4.84. The van der Waals surface area contributed by atoms with Crippen LogP contribution in [-0.4, -0.2) is 20.0 Å². The van der Waals surface area contributed by atoms with Crippen molar-refractivity contribution in [3.05, 3.63) is 46.6 Å². The van der Waals surface area contributed by atoms with Crippen LogP contribution in [0.5, 0.6) is 5.75 Å². The molecule has 1 aromatic heterocycles. The van der Waals surface area contributed by atoms with Gasteiger partial charge in [0.15, 0.2) is 0 Å². The predicted octanol–water partition coefficient (Wildman–Crippen LogP) is 3.35. The van der Waals surface area contributed by atoms with E-state index in [2.05, 4.69) is 25.6 Å². The van der Waals surface area contributed by atoms with Gasteiger partial charge in [-0.2, -0.15) is 0 Å². The smallest absolute Gasteiger partial charge is 0.266 e. The third-order valence-corrected chi connectivity index (χ3v) is 4.49. The summed E-state index contributed by atoms with van der Waals surface area (Å²) >= 11 is 3.27. The second-order valence-corrected chi connectivity index (χ2v) is 6.86. The number of aryl methyl sites for hydroxylation is 1. The van der Waals surface area contributed by atoms with Crippen LogP contribution < -0.4 is 9.46 Å². The van der Waals surface area contributed by atoms with E-state index in [1.165, 1.54) is 6.07 Å². The molecule has 1 aromatic carbocycles. The third kappa shape index (κ3) is 3.95. The molecule has 5 nitrogen and oxygen atoms in total. The highest BCUT2D eigenvalue weighted by Gasteiger charge is 2.20. The van der Waals surface area contributed by atoms with Gasteiger partial charge in [-0.1, -0.05) is 22.0 Å². The molecule has 0 saturated heterocycles. The van der Waals surface area contributed by atoms with Gasteiger partial charge in [0.2, 0.25) is 0 Å². The number of pyridine rings is 1. The van der Waals surface area contributed by atoms with Crippen LogP contribution in [0.25, 0.3) is 0 Å².